The Labute approximate surface area is 195 Å². The van der Waals surface area contributed by atoms with Crippen LogP contribution in [0.15, 0.2) is 24.3 Å². The molecule has 1 saturated carbocycles. The molecule has 178 valence electrons. The first-order valence-corrected chi connectivity index (χ1v) is 12.1. The number of alkyl halides is 2. The minimum absolute atomic E-state index is 0. The van der Waals surface area contributed by atoms with Crippen molar-refractivity contribution in [3.05, 3.63) is 34.8 Å². The molecule has 1 fully saturated rings. The van der Waals surface area contributed by atoms with Crippen LogP contribution in [-0.4, -0.2) is 26.6 Å². The Morgan fingerprint density at radius 2 is 1.97 bits per heavy atom. The summed E-state index contributed by atoms with van der Waals surface area (Å²) in [6.45, 7) is 7.02. The third-order valence-electron chi connectivity index (χ3n) is 5.43. The van der Waals surface area contributed by atoms with Crippen molar-refractivity contribution < 1.29 is 16.4 Å². The summed E-state index contributed by atoms with van der Waals surface area (Å²) >= 11 is 1.33. The zero-order valence-electron chi connectivity index (χ0n) is 19.3. The van der Waals surface area contributed by atoms with E-state index in [9.17, 15) is 13.6 Å². The summed E-state index contributed by atoms with van der Waals surface area (Å²) in [5.74, 6) is -2.69. The van der Waals surface area contributed by atoms with Crippen molar-refractivity contribution in [3.8, 4) is 10.7 Å². The molecule has 0 unspecified atom stereocenters. The summed E-state index contributed by atoms with van der Waals surface area (Å²) in [6.07, 6.45) is 5.34. The van der Waals surface area contributed by atoms with Gasteiger partial charge in [0.15, 0.2) is 5.01 Å². The minimum Gasteiger partial charge on any atom is -0.349 e. The lowest BCUT2D eigenvalue weighted by atomic mass is 10.1. The standard InChI is InChI=1S/C21H24F2N4OS.C3H8.2H2/c1-13-6-5-9-16-15(13)10-17(27(16)12-21(2,22)23)20-26-25-18(29-20)11-24-19(28)14-7-3-4-8-14;1-3-2;;/h5-6,9-10,14H,3-4,7-8,11-12H2,1-2H3,(H,24,28);3H2,1-2H3;2*1H. The van der Waals surface area contributed by atoms with E-state index in [1.807, 2.05) is 31.2 Å². The fraction of sp³-hybridized carbons (Fsp3) is 0.542. The highest BCUT2D eigenvalue weighted by Gasteiger charge is 2.26. The Morgan fingerprint density at radius 1 is 1.28 bits per heavy atom. The highest BCUT2D eigenvalue weighted by Crippen LogP contribution is 2.34. The third kappa shape index (κ3) is 5.91. The molecule has 0 radical (unpaired) electrons. The summed E-state index contributed by atoms with van der Waals surface area (Å²) in [6, 6.07) is 7.58. The Hall–Kier alpha value is -2.35. The molecule has 1 aliphatic carbocycles. The highest BCUT2D eigenvalue weighted by atomic mass is 32.1. The number of fused-ring (bicyclic) bond motifs is 1. The van der Waals surface area contributed by atoms with E-state index in [1.54, 1.807) is 4.57 Å². The number of rotatable bonds is 6. The van der Waals surface area contributed by atoms with E-state index in [4.69, 9.17) is 0 Å². The molecule has 0 aliphatic heterocycles. The summed E-state index contributed by atoms with van der Waals surface area (Å²) < 4.78 is 29.4. The SMILES string of the molecule is CCC.Cc1cccc2c1cc(-c1nnc(CNC(=O)C3CCCC3)s1)n2CC(C)(F)F.[HH].[HH]. The molecule has 0 saturated heterocycles. The molecule has 4 rings (SSSR count). The van der Waals surface area contributed by atoms with Gasteiger partial charge >= 0.3 is 0 Å². The number of halogens is 2. The molecule has 0 atom stereocenters. The summed E-state index contributed by atoms with van der Waals surface area (Å²) in [5.41, 5.74) is 2.41. The van der Waals surface area contributed by atoms with Gasteiger partial charge in [-0.1, -0.05) is 56.6 Å². The lowest BCUT2D eigenvalue weighted by Gasteiger charge is -2.15. The first-order valence-electron chi connectivity index (χ1n) is 11.3. The predicted molar refractivity (Wildman–Crippen MR) is 130 cm³/mol. The van der Waals surface area contributed by atoms with Gasteiger partial charge in [0.1, 0.15) is 5.01 Å². The van der Waals surface area contributed by atoms with Gasteiger partial charge in [-0.3, -0.25) is 4.79 Å². The van der Waals surface area contributed by atoms with Gasteiger partial charge in [-0.15, -0.1) is 10.2 Å². The number of hydrogen-bond donors (Lipinski definition) is 1. The molecule has 1 amide bonds. The number of carbonyl (C=O) groups is 1. The molecule has 8 heteroatoms. The zero-order valence-corrected chi connectivity index (χ0v) is 20.1. The van der Waals surface area contributed by atoms with Crippen LogP contribution in [0.4, 0.5) is 8.78 Å². The van der Waals surface area contributed by atoms with Crippen molar-refractivity contribution in [2.24, 2.45) is 5.92 Å². The number of carbonyl (C=O) groups excluding carboxylic acids is 1. The normalized spacial score (nSPS) is 14.4. The van der Waals surface area contributed by atoms with Crippen molar-refractivity contribution in [3.63, 3.8) is 0 Å². The van der Waals surface area contributed by atoms with E-state index >= 15 is 0 Å². The summed E-state index contributed by atoms with van der Waals surface area (Å²) in [4.78, 5) is 12.2. The number of aromatic nitrogens is 3. The van der Waals surface area contributed by atoms with E-state index in [-0.39, 0.29) is 14.7 Å². The molecule has 2 aromatic heterocycles. The van der Waals surface area contributed by atoms with Crippen molar-refractivity contribution in [2.45, 2.75) is 78.8 Å². The monoisotopic (exact) mass is 466 g/mol. The first kappa shape index (κ1) is 24.3. The van der Waals surface area contributed by atoms with Crippen molar-refractivity contribution in [1.29, 1.82) is 0 Å². The molecule has 1 aliphatic rings. The van der Waals surface area contributed by atoms with E-state index in [0.717, 1.165) is 49.1 Å². The number of amides is 1. The van der Waals surface area contributed by atoms with Crippen LogP contribution in [0.2, 0.25) is 0 Å². The molecule has 1 aromatic carbocycles. The van der Waals surface area contributed by atoms with Gasteiger partial charge in [0.2, 0.25) is 5.91 Å². The van der Waals surface area contributed by atoms with E-state index < -0.39 is 12.5 Å². The van der Waals surface area contributed by atoms with Crippen LogP contribution in [-0.2, 0) is 17.9 Å². The van der Waals surface area contributed by atoms with Gasteiger partial charge in [-0.25, -0.2) is 8.78 Å². The maximum Gasteiger partial charge on any atom is 0.262 e. The van der Waals surface area contributed by atoms with Crippen LogP contribution in [0, 0.1) is 12.8 Å². The summed E-state index contributed by atoms with van der Waals surface area (Å²) in [5, 5.41) is 13.5. The van der Waals surface area contributed by atoms with Crippen LogP contribution in [0.3, 0.4) is 0 Å². The summed E-state index contributed by atoms with van der Waals surface area (Å²) in [7, 11) is 0. The topological polar surface area (TPSA) is 59.8 Å². The first-order chi connectivity index (χ1) is 15.2. The molecule has 0 spiro atoms. The molecule has 32 heavy (non-hydrogen) atoms. The quantitative estimate of drug-likeness (QED) is 0.433. The van der Waals surface area contributed by atoms with Gasteiger partial charge in [0, 0.05) is 26.6 Å². The largest absolute Gasteiger partial charge is 0.349 e. The van der Waals surface area contributed by atoms with Gasteiger partial charge in [-0.05, 0) is 37.5 Å². The fourth-order valence-corrected chi connectivity index (χ4v) is 4.79. The number of nitrogens with zero attached hydrogens (tertiary/aromatic N) is 3. The van der Waals surface area contributed by atoms with Crippen LogP contribution >= 0.6 is 11.3 Å². The molecular weight excluding hydrogens is 430 g/mol. The van der Waals surface area contributed by atoms with Gasteiger partial charge in [0.05, 0.1) is 18.8 Å². The Balaban J connectivity index is 0.00000110. The highest BCUT2D eigenvalue weighted by molar-refractivity contribution is 7.14. The molecule has 1 N–H and O–H groups in total. The maximum atomic E-state index is 13.9. The number of nitrogens with one attached hydrogen (secondary N) is 1. The molecule has 0 bridgehead atoms. The van der Waals surface area contributed by atoms with E-state index in [0.29, 0.717) is 22.3 Å². The number of hydrogen-bond acceptors (Lipinski definition) is 4. The van der Waals surface area contributed by atoms with Crippen LogP contribution in [0.5, 0.6) is 0 Å². The number of benzene rings is 1. The third-order valence-corrected chi connectivity index (χ3v) is 6.37. The van der Waals surface area contributed by atoms with Crippen molar-refractivity contribution in [1.82, 2.24) is 20.1 Å². The predicted octanol–water partition coefficient (Wildman–Crippen LogP) is 6.84. The smallest absolute Gasteiger partial charge is 0.262 e. The van der Waals surface area contributed by atoms with Crippen molar-refractivity contribution >= 4 is 28.1 Å². The fourth-order valence-electron chi connectivity index (χ4n) is 3.98. The van der Waals surface area contributed by atoms with Gasteiger partial charge in [0.25, 0.3) is 5.92 Å². The van der Waals surface area contributed by atoms with Crippen molar-refractivity contribution in [2.75, 3.05) is 0 Å². The Bertz CT molecular complexity index is 1060. The molecular formula is C24H36F2N4OS. The molecule has 3 aromatic rings. The molecule has 2 heterocycles. The van der Waals surface area contributed by atoms with Crippen LogP contribution in [0.25, 0.3) is 21.6 Å². The second-order valence-electron chi connectivity index (χ2n) is 8.60. The lowest BCUT2D eigenvalue weighted by molar-refractivity contribution is -0.124. The maximum absolute atomic E-state index is 13.9. The van der Waals surface area contributed by atoms with Gasteiger partial charge < -0.3 is 9.88 Å². The number of aryl methyl sites for hydroxylation is 1. The minimum atomic E-state index is -2.85. The van der Waals surface area contributed by atoms with E-state index in [1.165, 1.54) is 17.8 Å². The van der Waals surface area contributed by atoms with Crippen LogP contribution in [0.1, 0.15) is 66.3 Å². The average Bonchev–Trinajstić information content (AvgIpc) is 3.47. The van der Waals surface area contributed by atoms with E-state index in [2.05, 4.69) is 29.4 Å². The average molecular weight is 467 g/mol. The second-order valence-corrected chi connectivity index (χ2v) is 9.66. The zero-order chi connectivity index (χ0) is 23.3. The Kier molecular flexibility index (Phi) is 7.98. The van der Waals surface area contributed by atoms with Gasteiger partial charge in [-0.2, -0.15) is 0 Å². The van der Waals surface area contributed by atoms with Crippen LogP contribution < -0.4 is 5.32 Å². The second kappa shape index (κ2) is 10.5. The lowest BCUT2D eigenvalue weighted by Crippen LogP contribution is -2.28. The Morgan fingerprint density at radius 3 is 2.62 bits per heavy atom. The molecule has 5 nitrogen and oxygen atoms in total.